The van der Waals surface area contributed by atoms with Crippen LogP contribution >= 0.6 is 11.6 Å². The van der Waals surface area contributed by atoms with E-state index < -0.39 is 22.0 Å². The molecule has 2 aromatic carbocycles. The molecule has 2 rings (SSSR count). The van der Waals surface area contributed by atoms with Crippen LogP contribution in [0.15, 0.2) is 54.6 Å². The monoisotopic (exact) mass is 352 g/mol. The zero-order valence-corrected chi connectivity index (χ0v) is 14.3. The van der Waals surface area contributed by atoms with Crippen molar-refractivity contribution in [3.8, 4) is 0 Å². The van der Waals surface area contributed by atoms with Gasteiger partial charge in [0.05, 0.1) is 6.26 Å². The third-order valence-corrected chi connectivity index (χ3v) is 4.87. The van der Waals surface area contributed by atoms with E-state index in [2.05, 4.69) is 5.32 Å². The highest BCUT2D eigenvalue weighted by molar-refractivity contribution is 7.88. The van der Waals surface area contributed by atoms with Gasteiger partial charge in [-0.15, -0.1) is 0 Å². The van der Waals surface area contributed by atoms with E-state index in [9.17, 15) is 13.2 Å². The van der Waals surface area contributed by atoms with Gasteiger partial charge in [0.2, 0.25) is 15.9 Å². The molecule has 0 aliphatic rings. The summed E-state index contributed by atoms with van der Waals surface area (Å²) in [5.74, 6) is -0.438. The Morgan fingerprint density at radius 1 is 1.09 bits per heavy atom. The molecule has 0 saturated heterocycles. The largest absolute Gasteiger partial charge is 0.324 e. The molecule has 0 spiro atoms. The second-order valence-corrected chi connectivity index (χ2v) is 7.57. The molecule has 7 heteroatoms. The van der Waals surface area contributed by atoms with Gasteiger partial charge in [0.25, 0.3) is 0 Å². The van der Waals surface area contributed by atoms with E-state index in [0.717, 1.165) is 10.6 Å². The summed E-state index contributed by atoms with van der Waals surface area (Å²) in [6.07, 6.45) is 1.07. The first-order chi connectivity index (χ1) is 10.8. The van der Waals surface area contributed by atoms with Crippen molar-refractivity contribution in [2.75, 3.05) is 18.6 Å². The second-order valence-electron chi connectivity index (χ2n) is 5.09. The van der Waals surface area contributed by atoms with Crippen LogP contribution in [0.3, 0.4) is 0 Å². The van der Waals surface area contributed by atoms with Gasteiger partial charge < -0.3 is 5.32 Å². The summed E-state index contributed by atoms with van der Waals surface area (Å²) < 4.78 is 24.8. The molecule has 0 aliphatic carbocycles. The van der Waals surface area contributed by atoms with E-state index in [4.69, 9.17) is 11.6 Å². The molecule has 1 unspecified atom stereocenters. The first-order valence-corrected chi connectivity index (χ1v) is 9.06. The maximum absolute atomic E-state index is 12.6. The first-order valence-electron chi connectivity index (χ1n) is 6.83. The van der Waals surface area contributed by atoms with Crippen molar-refractivity contribution in [1.29, 1.82) is 0 Å². The molecule has 0 aliphatic heterocycles. The van der Waals surface area contributed by atoms with Crippen molar-refractivity contribution >= 4 is 33.2 Å². The fourth-order valence-electron chi connectivity index (χ4n) is 2.10. The lowest BCUT2D eigenvalue weighted by molar-refractivity contribution is -0.119. The number of nitrogens with one attached hydrogen (secondary N) is 1. The average molecular weight is 353 g/mol. The van der Waals surface area contributed by atoms with Gasteiger partial charge in [0.1, 0.15) is 6.04 Å². The Labute approximate surface area is 140 Å². The van der Waals surface area contributed by atoms with Crippen molar-refractivity contribution in [3.63, 3.8) is 0 Å². The molecule has 1 amide bonds. The molecule has 1 atom stereocenters. The quantitative estimate of drug-likeness (QED) is 0.899. The first kappa shape index (κ1) is 17.5. The fourth-order valence-corrected chi connectivity index (χ4v) is 2.82. The fraction of sp³-hybridized carbons (Fsp3) is 0.188. The van der Waals surface area contributed by atoms with Gasteiger partial charge in [0.15, 0.2) is 0 Å². The number of hydrogen-bond donors (Lipinski definition) is 1. The Bertz CT molecular complexity index is 777. The minimum absolute atomic E-state index is 0.438. The highest BCUT2D eigenvalue weighted by Gasteiger charge is 2.30. The lowest BCUT2D eigenvalue weighted by atomic mass is 10.1. The lowest BCUT2D eigenvalue weighted by Crippen LogP contribution is -2.38. The van der Waals surface area contributed by atoms with Crippen LogP contribution in [0.1, 0.15) is 11.6 Å². The van der Waals surface area contributed by atoms with E-state index in [1.165, 1.54) is 7.05 Å². The van der Waals surface area contributed by atoms with Crippen LogP contribution in [0.5, 0.6) is 0 Å². The molecule has 2 aromatic rings. The lowest BCUT2D eigenvalue weighted by Gasteiger charge is -2.25. The van der Waals surface area contributed by atoms with E-state index in [0.29, 0.717) is 16.3 Å². The molecule has 0 radical (unpaired) electrons. The van der Waals surface area contributed by atoms with Gasteiger partial charge in [-0.1, -0.05) is 41.9 Å². The standard InChI is InChI=1S/C16H17ClN2O3S/c1-19(23(2,21)22)15(12-6-4-3-5-7-12)16(20)18-14-10-8-13(17)9-11-14/h3-11,15H,1-2H3,(H,18,20). The number of anilines is 1. The van der Waals surface area contributed by atoms with Crippen LogP contribution in [-0.4, -0.2) is 31.9 Å². The van der Waals surface area contributed by atoms with Gasteiger partial charge in [-0.3, -0.25) is 4.79 Å². The molecule has 122 valence electrons. The molecule has 0 saturated carbocycles. The average Bonchev–Trinajstić information content (AvgIpc) is 2.50. The molecule has 1 N–H and O–H groups in total. The summed E-state index contributed by atoms with van der Waals surface area (Å²) in [7, 11) is -2.16. The molecule has 5 nitrogen and oxygen atoms in total. The third-order valence-electron chi connectivity index (χ3n) is 3.36. The van der Waals surface area contributed by atoms with Crippen molar-refractivity contribution in [2.24, 2.45) is 0 Å². The minimum Gasteiger partial charge on any atom is -0.324 e. The number of nitrogens with zero attached hydrogens (tertiary/aromatic N) is 1. The highest BCUT2D eigenvalue weighted by Crippen LogP contribution is 2.24. The number of benzene rings is 2. The van der Waals surface area contributed by atoms with Crippen LogP contribution in [0.25, 0.3) is 0 Å². The van der Waals surface area contributed by atoms with Gasteiger partial charge in [-0.2, -0.15) is 4.31 Å². The summed E-state index contributed by atoms with van der Waals surface area (Å²) >= 11 is 5.82. The summed E-state index contributed by atoms with van der Waals surface area (Å²) in [4.78, 5) is 12.6. The summed E-state index contributed by atoms with van der Waals surface area (Å²) in [5.41, 5.74) is 1.13. The number of hydrogen-bond acceptors (Lipinski definition) is 3. The van der Waals surface area contributed by atoms with Crippen molar-refractivity contribution < 1.29 is 13.2 Å². The van der Waals surface area contributed by atoms with E-state index >= 15 is 0 Å². The van der Waals surface area contributed by atoms with E-state index in [-0.39, 0.29) is 0 Å². The third kappa shape index (κ3) is 4.54. The molecule has 23 heavy (non-hydrogen) atoms. The van der Waals surface area contributed by atoms with Crippen LogP contribution in [0.4, 0.5) is 5.69 Å². The Morgan fingerprint density at radius 2 is 1.65 bits per heavy atom. The topological polar surface area (TPSA) is 66.5 Å². The molecule has 0 aromatic heterocycles. The predicted octanol–water partition coefficient (Wildman–Crippen LogP) is 2.91. The van der Waals surface area contributed by atoms with Crippen molar-refractivity contribution in [3.05, 3.63) is 65.2 Å². The summed E-state index contributed by atoms with van der Waals surface area (Å²) in [6.45, 7) is 0. The zero-order chi connectivity index (χ0) is 17.0. The number of sulfonamides is 1. The Morgan fingerprint density at radius 3 is 2.17 bits per heavy atom. The smallest absolute Gasteiger partial charge is 0.247 e. The number of carbonyl (C=O) groups excluding carboxylic acids is 1. The number of carbonyl (C=O) groups is 1. The summed E-state index contributed by atoms with van der Waals surface area (Å²) in [5, 5.41) is 3.27. The van der Waals surface area contributed by atoms with Gasteiger partial charge >= 0.3 is 0 Å². The van der Waals surface area contributed by atoms with E-state index in [1.807, 2.05) is 0 Å². The molecule has 0 fully saturated rings. The van der Waals surface area contributed by atoms with Gasteiger partial charge in [-0.25, -0.2) is 8.42 Å². The number of rotatable bonds is 5. The van der Waals surface area contributed by atoms with E-state index in [1.54, 1.807) is 54.6 Å². The van der Waals surface area contributed by atoms with Crippen molar-refractivity contribution in [2.45, 2.75) is 6.04 Å². The molecule has 0 bridgehead atoms. The van der Waals surface area contributed by atoms with Crippen molar-refractivity contribution in [1.82, 2.24) is 4.31 Å². The molecular formula is C16H17ClN2O3S. The Balaban J connectivity index is 2.33. The highest BCUT2D eigenvalue weighted by atomic mass is 35.5. The summed E-state index contributed by atoms with van der Waals surface area (Å²) in [6, 6.07) is 14.4. The SMILES string of the molecule is CN(C(C(=O)Nc1ccc(Cl)cc1)c1ccccc1)S(C)(=O)=O. The molecular weight excluding hydrogens is 336 g/mol. The number of amides is 1. The number of likely N-dealkylation sites (N-methyl/N-ethyl adjacent to an activating group) is 1. The second kappa shape index (κ2) is 7.12. The van der Waals surface area contributed by atoms with Gasteiger partial charge in [0, 0.05) is 17.8 Å². The number of halogens is 1. The van der Waals surface area contributed by atoms with Crippen LogP contribution < -0.4 is 5.32 Å². The van der Waals surface area contributed by atoms with Crippen LogP contribution in [-0.2, 0) is 14.8 Å². The normalized spacial score (nSPS) is 12.9. The minimum atomic E-state index is -3.54. The predicted molar refractivity (Wildman–Crippen MR) is 91.9 cm³/mol. The maximum atomic E-state index is 12.6. The Kier molecular flexibility index (Phi) is 5.41. The maximum Gasteiger partial charge on any atom is 0.247 e. The molecule has 0 heterocycles. The Hall–Kier alpha value is -1.89. The van der Waals surface area contributed by atoms with Crippen LogP contribution in [0.2, 0.25) is 5.02 Å². The zero-order valence-electron chi connectivity index (χ0n) is 12.7. The van der Waals surface area contributed by atoms with Crippen LogP contribution in [0, 0.1) is 0 Å². The van der Waals surface area contributed by atoms with Gasteiger partial charge in [-0.05, 0) is 29.8 Å².